The van der Waals surface area contributed by atoms with E-state index in [0.29, 0.717) is 25.3 Å². The molecule has 0 N–H and O–H groups in total. The average Bonchev–Trinajstić information content (AvgIpc) is 2.78. The molecule has 0 spiro atoms. The van der Waals surface area contributed by atoms with Crippen LogP contribution >= 0.6 is 11.6 Å². The Morgan fingerprint density at radius 1 is 1.00 bits per heavy atom. The summed E-state index contributed by atoms with van der Waals surface area (Å²) in [6.07, 6.45) is 3.86. The number of carbonyl (C=O) groups is 1. The lowest BCUT2D eigenvalue weighted by molar-refractivity contribution is -0.134. The van der Waals surface area contributed by atoms with Crippen molar-refractivity contribution in [2.75, 3.05) is 26.2 Å². The van der Waals surface area contributed by atoms with Gasteiger partial charge in [-0.3, -0.25) is 4.79 Å². The van der Waals surface area contributed by atoms with E-state index in [2.05, 4.69) is 0 Å². The molecule has 0 radical (unpaired) electrons. The van der Waals surface area contributed by atoms with Gasteiger partial charge in [-0.15, -0.1) is 0 Å². The summed E-state index contributed by atoms with van der Waals surface area (Å²) >= 11 is 6.29. The van der Waals surface area contributed by atoms with Gasteiger partial charge in [-0.1, -0.05) is 35.9 Å². The highest BCUT2D eigenvalue weighted by molar-refractivity contribution is 7.89. The molecule has 8 heteroatoms. The van der Waals surface area contributed by atoms with Gasteiger partial charge in [0.1, 0.15) is 5.75 Å². The van der Waals surface area contributed by atoms with Gasteiger partial charge >= 0.3 is 0 Å². The summed E-state index contributed by atoms with van der Waals surface area (Å²) in [7, 11) is -3.67. The van der Waals surface area contributed by atoms with E-state index in [4.69, 9.17) is 16.3 Å². The Morgan fingerprint density at radius 2 is 1.73 bits per heavy atom. The summed E-state index contributed by atoms with van der Waals surface area (Å²) < 4.78 is 33.3. The van der Waals surface area contributed by atoms with Crippen LogP contribution in [-0.2, 0) is 27.8 Å². The zero-order chi connectivity index (χ0) is 21.1. The minimum absolute atomic E-state index is 0.0746. The fourth-order valence-electron chi connectivity index (χ4n) is 3.96. The van der Waals surface area contributed by atoms with Gasteiger partial charge in [-0.05, 0) is 55.0 Å². The Hall–Kier alpha value is -2.09. The monoisotopic (exact) mass is 448 g/mol. The van der Waals surface area contributed by atoms with Crippen molar-refractivity contribution in [3.05, 3.63) is 58.6 Å². The number of halogens is 1. The van der Waals surface area contributed by atoms with E-state index < -0.39 is 10.0 Å². The highest BCUT2D eigenvalue weighted by atomic mass is 35.5. The van der Waals surface area contributed by atoms with Crippen molar-refractivity contribution in [3.8, 4) is 5.75 Å². The first-order chi connectivity index (χ1) is 14.4. The van der Waals surface area contributed by atoms with Crippen LogP contribution in [0.25, 0.3) is 0 Å². The number of rotatable bonds is 5. The van der Waals surface area contributed by atoms with Gasteiger partial charge in [-0.2, -0.15) is 4.31 Å². The lowest BCUT2D eigenvalue weighted by Gasteiger charge is -2.28. The van der Waals surface area contributed by atoms with Crippen LogP contribution in [0.1, 0.15) is 30.4 Å². The van der Waals surface area contributed by atoms with E-state index in [1.807, 2.05) is 24.3 Å². The first-order valence-corrected chi connectivity index (χ1v) is 12.0. The molecule has 30 heavy (non-hydrogen) atoms. The number of carbonyl (C=O) groups excluding carboxylic acids is 1. The number of piperidine rings is 1. The highest BCUT2D eigenvalue weighted by Gasteiger charge is 2.29. The smallest absolute Gasteiger partial charge is 0.260 e. The Bertz CT molecular complexity index is 1040. The molecule has 0 aliphatic carbocycles. The number of nitrogens with zero attached hydrogens (tertiary/aromatic N) is 2. The number of fused-ring (bicyclic) bond motifs is 1. The van der Waals surface area contributed by atoms with Crippen LogP contribution in [-0.4, -0.2) is 49.8 Å². The molecule has 2 aliphatic heterocycles. The minimum atomic E-state index is -3.67. The van der Waals surface area contributed by atoms with Crippen molar-refractivity contribution < 1.29 is 17.9 Å². The second-order valence-corrected chi connectivity index (χ2v) is 10.0. The molecule has 0 atom stereocenters. The Kier molecular flexibility index (Phi) is 6.32. The van der Waals surface area contributed by atoms with Crippen molar-refractivity contribution in [1.82, 2.24) is 9.21 Å². The molecule has 160 valence electrons. The summed E-state index contributed by atoms with van der Waals surface area (Å²) in [5.41, 5.74) is 2.21. The number of benzene rings is 2. The Labute approximate surface area is 182 Å². The number of ether oxygens (including phenoxy) is 1. The van der Waals surface area contributed by atoms with Crippen LogP contribution in [0.5, 0.6) is 5.75 Å². The van der Waals surface area contributed by atoms with Gasteiger partial charge in [0.2, 0.25) is 10.0 Å². The molecule has 2 aromatic carbocycles. The SMILES string of the molecule is O=C(COc1ccc(S(=O)(=O)N2CCc3ccccc3C2)cc1Cl)N1CCCCC1. The molecule has 1 fully saturated rings. The molecular formula is C22H25ClN2O4S. The second-order valence-electron chi connectivity index (χ2n) is 7.68. The predicted octanol–water partition coefficient (Wildman–Crippen LogP) is 3.48. The van der Waals surface area contributed by atoms with Crippen LogP contribution in [0.2, 0.25) is 5.02 Å². The second kappa shape index (κ2) is 8.96. The van der Waals surface area contributed by atoms with Crippen molar-refractivity contribution in [3.63, 3.8) is 0 Å². The standard InChI is InChI=1S/C22H25ClN2O4S/c23-20-14-19(8-9-21(20)29-16-22(26)24-11-4-1-5-12-24)30(27,28)25-13-10-17-6-2-3-7-18(17)15-25/h2-3,6-9,14H,1,4-5,10-13,15-16H2. The Balaban J connectivity index is 1.44. The van der Waals surface area contributed by atoms with Crippen LogP contribution in [0, 0.1) is 0 Å². The molecular weight excluding hydrogens is 424 g/mol. The van der Waals surface area contributed by atoms with Crippen LogP contribution in [0.15, 0.2) is 47.4 Å². The largest absolute Gasteiger partial charge is 0.482 e. The summed E-state index contributed by atoms with van der Waals surface area (Å²) in [5.74, 6) is 0.236. The molecule has 1 amide bonds. The number of amides is 1. The van der Waals surface area contributed by atoms with E-state index in [1.54, 1.807) is 4.90 Å². The quantitative estimate of drug-likeness (QED) is 0.702. The maximum absolute atomic E-state index is 13.1. The lowest BCUT2D eigenvalue weighted by Crippen LogP contribution is -2.38. The highest BCUT2D eigenvalue weighted by Crippen LogP contribution is 2.31. The van der Waals surface area contributed by atoms with E-state index >= 15 is 0 Å². The molecule has 2 aliphatic rings. The number of sulfonamides is 1. The summed E-state index contributed by atoms with van der Waals surface area (Å²) in [6.45, 7) is 2.19. The third-order valence-electron chi connectivity index (χ3n) is 5.70. The average molecular weight is 449 g/mol. The van der Waals surface area contributed by atoms with Crippen molar-refractivity contribution in [2.45, 2.75) is 37.1 Å². The van der Waals surface area contributed by atoms with Gasteiger partial charge in [0.05, 0.1) is 9.92 Å². The molecule has 0 saturated carbocycles. The number of hydrogen-bond donors (Lipinski definition) is 0. The van der Waals surface area contributed by atoms with E-state index in [0.717, 1.165) is 37.9 Å². The molecule has 2 heterocycles. The van der Waals surface area contributed by atoms with E-state index in [9.17, 15) is 13.2 Å². The predicted molar refractivity (Wildman–Crippen MR) is 115 cm³/mol. The number of hydrogen-bond acceptors (Lipinski definition) is 4. The van der Waals surface area contributed by atoms with Gasteiger partial charge in [0, 0.05) is 26.2 Å². The number of likely N-dealkylation sites (tertiary alicyclic amines) is 1. The fraction of sp³-hybridized carbons (Fsp3) is 0.409. The van der Waals surface area contributed by atoms with Crippen molar-refractivity contribution >= 4 is 27.5 Å². The first kappa shape index (κ1) is 21.2. The topological polar surface area (TPSA) is 66.9 Å². The molecule has 0 unspecified atom stereocenters. The summed E-state index contributed by atoms with van der Waals surface area (Å²) in [5, 5.41) is 0.180. The fourth-order valence-corrected chi connectivity index (χ4v) is 5.70. The van der Waals surface area contributed by atoms with Crippen molar-refractivity contribution in [1.29, 1.82) is 0 Å². The van der Waals surface area contributed by atoms with E-state index in [1.165, 1.54) is 28.1 Å². The zero-order valence-electron chi connectivity index (χ0n) is 16.7. The molecule has 2 aromatic rings. The summed E-state index contributed by atoms with van der Waals surface area (Å²) in [6, 6.07) is 12.3. The maximum Gasteiger partial charge on any atom is 0.260 e. The van der Waals surface area contributed by atoms with Crippen LogP contribution < -0.4 is 4.74 Å². The zero-order valence-corrected chi connectivity index (χ0v) is 18.3. The first-order valence-electron chi connectivity index (χ1n) is 10.2. The summed E-state index contributed by atoms with van der Waals surface area (Å²) in [4.78, 5) is 14.2. The molecule has 0 aromatic heterocycles. The molecule has 1 saturated heterocycles. The third kappa shape index (κ3) is 4.48. The lowest BCUT2D eigenvalue weighted by atomic mass is 10.0. The van der Waals surface area contributed by atoms with Crippen LogP contribution in [0.3, 0.4) is 0 Å². The molecule has 4 rings (SSSR count). The van der Waals surface area contributed by atoms with Crippen molar-refractivity contribution in [2.24, 2.45) is 0 Å². The van der Waals surface area contributed by atoms with Crippen LogP contribution in [0.4, 0.5) is 0 Å². The van der Waals surface area contributed by atoms with Gasteiger partial charge < -0.3 is 9.64 Å². The van der Waals surface area contributed by atoms with E-state index in [-0.39, 0.29) is 22.4 Å². The third-order valence-corrected chi connectivity index (χ3v) is 7.83. The Morgan fingerprint density at radius 3 is 2.47 bits per heavy atom. The minimum Gasteiger partial charge on any atom is -0.482 e. The van der Waals surface area contributed by atoms with Gasteiger partial charge in [-0.25, -0.2) is 8.42 Å². The van der Waals surface area contributed by atoms with Gasteiger partial charge in [0.25, 0.3) is 5.91 Å². The van der Waals surface area contributed by atoms with Gasteiger partial charge in [0.15, 0.2) is 6.61 Å². The maximum atomic E-state index is 13.1. The molecule has 0 bridgehead atoms. The normalized spacial score (nSPS) is 17.4. The molecule has 6 nitrogen and oxygen atoms in total.